The van der Waals surface area contributed by atoms with Crippen LogP contribution >= 0.6 is 0 Å². The normalized spacial score (nSPS) is 17.2. The van der Waals surface area contributed by atoms with E-state index in [0.717, 1.165) is 11.7 Å². The summed E-state index contributed by atoms with van der Waals surface area (Å²) in [6.07, 6.45) is 2.56. The molecule has 0 amide bonds. The van der Waals surface area contributed by atoms with Crippen molar-refractivity contribution in [1.29, 1.82) is 0 Å². The molecule has 0 radical (unpaired) electrons. The van der Waals surface area contributed by atoms with Crippen LogP contribution in [0.4, 0.5) is 0 Å². The number of hydrogen-bond donors (Lipinski definition) is 0. The molecule has 1 aliphatic heterocycles. The van der Waals surface area contributed by atoms with Crippen LogP contribution < -0.4 is 4.74 Å². The molecule has 17 heavy (non-hydrogen) atoms. The first kappa shape index (κ1) is 14.0. The first-order valence-electron chi connectivity index (χ1n) is 6.62. The zero-order chi connectivity index (χ0) is 12.7. The van der Waals surface area contributed by atoms with Crippen LogP contribution in [0.25, 0.3) is 0 Å². The van der Waals surface area contributed by atoms with Gasteiger partial charge in [-0.2, -0.15) is 0 Å². The zero-order valence-corrected chi connectivity index (χ0v) is 11.6. The maximum Gasteiger partial charge on any atom is 0.118 e. The van der Waals surface area contributed by atoms with Gasteiger partial charge in [-0.25, -0.2) is 0 Å². The SMILES string of the molecule is CC.COc1ccc(C2CCN(C)CC2)cc1. The third-order valence-corrected chi connectivity index (χ3v) is 3.31. The second-order valence-electron chi connectivity index (χ2n) is 4.35. The first-order valence-corrected chi connectivity index (χ1v) is 6.62. The lowest BCUT2D eigenvalue weighted by atomic mass is 9.90. The quantitative estimate of drug-likeness (QED) is 0.777. The number of likely N-dealkylation sites (tertiary alicyclic amines) is 1. The molecule has 0 unspecified atom stereocenters. The summed E-state index contributed by atoms with van der Waals surface area (Å²) < 4.78 is 5.17. The fraction of sp³-hybridized carbons (Fsp3) is 0.600. The Hall–Kier alpha value is -1.02. The van der Waals surface area contributed by atoms with E-state index in [0.29, 0.717) is 0 Å². The number of hydrogen-bond acceptors (Lipinski definition) is 2. The molecule has 1 aromatic rings. The van der Waals surface area contributed by atoms with Crippen LogP contribution in [0.1, 0.15) is 38.2 Å². The Morgan fingerprint density at radius 2 is 1.59 bits per heavy atom. The summed E-state index contributed by atoms with van der Waals surface area (Å²) >= 11 is 0. The van der Waals surface area contributed by atoms with Crippen LogP contribution in [0.2, 0.25) is 0 Å². The van der Waals surface area contributed by atoms with Gasteiger partial charge in [-0.05, 0) is 56.6 Å². The summed E-state index contributed by atoms with van der Waals surface area (Å²) in [6.45, 7) is 6.44. The van der Waals surface area contributed by atoms with Gasteiger partial charge in [-0.3, -0.25) is 0 Å². The molecular weight excluding hydrogens is 210 g/mol. The monoisotopic (exact) mass is 235 g/mol. The van der Waals surface area contributed by atoms with Crippen molar-refractivity contribution in [3.05, 3.63) is 29.8 Å². The van der Waals surface area contributed by atoms with Crippen LogP contribution in [0, 0.1) is 0 Å². The molecule has 1 saturated heterocycles. The van der Waals surface area contributed by atoms with Gasteiger partial charge in [0.05, 0.1) is 7.11 Å². The highest BCUT2D eigenvalue weighted by Crippen LogP contribution is 2.28. The number of nitrogens with zero attached hydrogens (tertiary/aromatic N) is 1. The van der Waals surface area contributed by atoms with E-state index in [-0.39, 0.29) is 0 Å². The maximum absolute atomic E-state index is 5.17. The number of ether oxygens (including phenoxy) is 1. The minimum absolute atomic E-state index is 0.743. The predicted molar refractivity (Wildman–Crippen MR) is 73.8 cm³/mol. The highest BCUT2D eigenvalue weighted by atomic mass is 16.5. The van der Waals surface area contributed by atoms with Gasteiger partial charge in [0.25, 0.3) is 0 Å². The van der Waals surface area contributed by atoms with Gasteiger partial charge in [0, 0.05) is 0 Å². The third-order valence-electron chi connectivity index (χ3n) is 3.31. The highest BCUT2D eigenvalue weighted by molar-refractivity contribution is 5.29. The maximum atomic E-state index is 5.17. The third kappa shape index (κ3) is 4.04. The molecule has 0 aliphatic carbocycles. The molecule has 2 nitrogen and oxygen atoms in total. The Morgan fingerprint density at radius 1 is 1.06 bits per heavy atom. The van der Waals surface area contributed by atoms with Crippen LogP contribution in [0.15, 0.2) is 24.3 Å². The number of rotatable bonds is 2. The number of methoxy groups -OCH3 is 1. The minimum atomic E-state index is 0.743. The first-order chi connectivity index (χ1) is 8.29. The smallest absolute Gasteiger partial charge is 0.118 e. The summed E-state index contributed by atoms with van der Waals surface area (Å²) in [4.78, 5) is 2.40. The van der Waals surface area contributed by atoms with Crippen molar-refractivity contribution < 1.29 is 4.74 Å². The van der Waals surface area contributed by atoms with E-state index >= 15 is 0 Å². The lowest BCUT2D eigenvalue weighted by Crippen LogP contribution is -2.29. The lowest BCUT2D eigenvalue weighted by Gasteiger charge is -2.29. The van der Waals surface area contributed by atoms with E-state index in [9.17, 15) is 0 Å². The number of benzene rings is 1. The summed E-state index contributed by atoms with van der Waals surface area (Å²) in [5.74, 6) is 1.69. The summed E-state index contributed by atoms with van der Waals surface area (Å²) in [6, 6.07) is 8.53. The Bertz CT molecular complexity index is 299. The van der Waals surface area contributed by atoms with E-state index in [4.69, 9.17) is 4.74 Å². The summed E-state index contributed by atoms with van der Waals surface area (Å²) in [5.41, 5.74) is 1.46. The molecule has 0 saturated carbocycles. The molecule has 1 heterocycles. The molecular formula is C15H25NO. The second kappa shape index (κ2) is 7.33. The second-order valence-corrected chi connectivity index (χ2v) is 4.35. The van der Waals surface area contributed by atoms with Crippen molar-refractivity contribution in [1.82, 2.24) is 4.90 Å². The van der Waals surface area contributed by atoms with Gasteiger partial charge in [0.15, 0.2) is 0 Å². The van der Waals surface area contributed by atoms with Crippen molar-refractivity contribution in [2.75, 3.05) is 27.2 Å². The van der Waals surface area contributed by atoms with Crippen molar-refractivity contribution in [2.45, 2.75) is 32.6 Å². The van der Waals surface area contributed by atoms with E-state index in [1.54, 1.807) is 7.11 Å². The molecule has 2 heteroatoms. The molecule has 1 aliphatic rings. The fourth-order valence-corrected chi connectivity index (χ4v) is 2.22. The summed E-state index contributed by atoms with van der Waals surface area (Å²) in [5, 5.41) is 0. The topological polar surface area (TPSA) is 12.5 Å². The van der Waals surface area contributed by atoms with Crippen molar-refractivity contribution in [3.63, 3.8) is 0 Å². The Balaban J connectivity index is 0.000000686. The van der Waals surface area contributed by atoms with Crippen LogP contribution in [0.3, 0.4) is 0 Å². The fourth-order valence-electron chi connectivity index (χ4n) is 2.22. The van der Waals surface area contributed by atoms with E-state index in [1.165, 1.54) is 31.5 Å². The molecule has 2 rings (SSSR count). The standard InChI is InChI=1S/C13H19NO.C2H6/c1-14-9-7-12(8-10-14)11-3-5-13(15-2)6-4-11;1-2/h3-6,12H,7-10H2,1-2H3;1-2H3. The predicted octanol–water partition coefficient (Wildman–Crippen LogP) is 3.53. The molecule has 0 atom stereocenters. The molecule has 1 fully saturated rings. The van der Waals surface area contributed by atoms with Gasteiger partial charge in [-0.1, -0.05) is 26.0 Å². The molecule has 0 aromatic heterocycles. The van der Waals surface area contributed by atoms with Gasteiger partial charge < -0.3 is 9.64 Å². The van der Waals surface area contributed by atoms with Gasteiger partial charge >= 0.3 is 0 Å². The highest BCUT2D eigenvalue weighted by Gasteiger charge is 2.17. The van der Waals surface area contributed by atoms with Gasteiger partial charge in [0.2, 0.25) is 0 Å². The largest absolute Gasteiger partial charge is 0.497 e. The number of piperidine rings is 1. The van der Waals surface area contributed by atoms with Crippen molar-refractivity contribution >= 4 is 0 Å². The van der Waals surface area contributed by atoms with Crippen molar-refractivity contribution in [3.8, 4) is 5.75 Å². The minimum Gasteiger partial charge on any atom is -0.497 e. The van der Waals surface area contributed by atoms with E-state index in [2.05, 4.69) is 36.2 Å². The van der Waals surface area contributed by atoms with E-state index < -0.39 is 0 Å². The van der Waals surface area contributed by atoms with Crippen LogP contribution in [-0.4, -0.2) is 32.1 Å². The average molecular weight is 235 g/mol. The molecule has 96 valence electrons. The lowest BCUT2D eigenvalue weighted by molar-refractivity contribution is 0.255. The Morgan fingerprint density at radius 3 is 2.06 bits per heavy atom. The van der Waals surface area contributed by atoms with E-state index in [1.807, 2.05) is 13.8 Å². The van der Waals surface area contributed by atoms with Crippen LogP contribution in [0.5, 0.6) is 5.75 Å². The Labute approximate surface area is 106 Å². The van der Waals surface area contributed by atoms with Crippen LogP contribution in [-0.2, 0) is 0 Å². The molecule has 1 aromatic carbocycles. The Kier molecular flexibility index (Phi) is 6.06. The van der Waals surface area contributed by atoms with Crippen molar-refractivity contribution in [2.24, 2.45) is 0 Å². The molecule has 0 N–H and O–H groups in total. The van der Waals surface area contributed by atoms with Gasteiger partial charge in [-0.15, -0.1) is 0 Å². The average Bonchev–Trinajstić information content (AvgIpc) is 2.42. The molecule has 0 bridgehead atoms. The zero-order valence-electron chi connectivity index (χ0n) is 11.6. The van der Waals surface area contributed by atoms with Gasteiger partial charge in [0.1, 0.15) is 5.75 Å². The molecule has 0 spiro atoms. The summed E-state index contributed by atoms with van der Waals surface area (Å²) in [7, 11) is 3.91.